The number of rotatable bonds is 8. The van der Waals surface area contributed by atoms with E-state index in [2.05, 4.69) is 20.8 Å². The van der Waals surface area contributed by atoms with E-state index in [9.17, 15) is 0 Å². The first kappa shape index (κ1) is 12.8. The Morgan fingerprint density at radius 3 is 2.33 bits per heavy atom. The zero-order valence-corrected chi connectivity index (χ0v) is 10.6. The summed E-state index contributed by atoms with van der Waals surface area (Å²) in [6.45, 7) is 6.96. The molecule has 0 aliphatic heterocycles. The third-order valence-electron chi connectivity index (χ3n) is 2.39. The van der Waals surface area contributed by atoms with Crippen molar-refractivity contribution >= 4 is 20.4 Å². The Bertz CT molecular complexity index is 79.1. The Balaban J connectivity index is 2.82. The molecule has 0 aliphatic carbocycles. The average Bonchev–Trinajstić information content (AvgIpc) is 2.02. The van der Waals surface area contributed by atoms with Crippen LogP contribution >= 0.6 is 0 Å². The Kier molecular flexibility index (Phi) is 10.5. The molecule has 0 nitrogen and oxygen atoms in total. The topological polar surface area (TPSA) is 0 Å². The minimum atomic E-state index is 0.364. The third kappa shape index (κ3) is 10.8. The van der Waals surface area contributed by atoms with Gasteiger partial charge in [0.1, 0.15) is 0 Å². The predicted molar refractivity (Wildman–Crippen MR) is 59.0 cm³/mol. The number of hydrogen-bond acceptors (Lipinski definition) is 0. The van der Waals surface area contributed by atoms with E-state index in [0.717, 1.165) is 5.92 Å². The van der Waals surface area contributed by atoms with Crippen LogP contribution in [0.4, 0.5) is 0 Å². The molecule has 0 aliphatic rings. The van der Waals surface area contributed by atoms with Gasteiger partial charge in [0.15, 0.2) is 0 Å². The van der Waals surface area contributed by atoms with E-state index in [-0.39, 0.29) is 0 Å². The van der Waals surface area contributed by atoms with E-state index < -0.39 is 0 Å². The van der Waals surface area contributed by atoms with Crippen LogP contribution in [-0.2, 0) is 0 Å². The Labute approximate surface area is 88.2 Å². The normalized spacial score (nSPS) is 10.3. The first-order chi connectivity index (χ1) is 5.77. The van der Waals surface area contributed by atoms with Crippen LogP contribution in [-0.4, -0.2) is 20.4 Å². The zero-order chi connectivity index (χ0) is 9.23. The minimum Gasteiger partial charge on any atom is -0.146 e. The largest absolute Gasteiger partial charge is 0.364 e. The van der Waals surface area contributed by atoms with Crippen molar-refractivity contribution in [1.29, 1.82) is 0 Å². The molecular weight excluding hydrogens is 156 g/mol. The van der Waals surface area contributed by atoms with E-state index in [0.29, 0.717) is 20.4 Å². The molecule has 0 saturated carbocycles. The Morgan fingerprint density at radius 1 is 1.00 bits per heavy atom. The van der Waals surface area contributed by atoms with Gasteiger partial charge < -0.3 is 0 Å². The molecule has 0 spiro atoms. The molecule has 1 heteroatoms. The Morgan fingerprint density at radius 2 is 1.75 bits per heavy atom. The number of hydrogen-bond donors (Lipinski definition) is 0. The van der Waals surface area contributed by atoms with Gasteiger partial charge in [-0.05, 0) is 5.92 Å². The van der Waals surface area contributed by atoms with Crippen LogP contribution in [0.1, 0.15) is 52.9 Å². The summed E-state index contributed by atoms with van der Waals surface area (Å²) in [6, 6.07) is 0. The molecule has 0 bridgehead atoms. The van der Waals surface area contributed by atoms with E-state index in [4.69, 9.17) is 0 Å². The molecule has 0 saturated heterocycles. The molecule has 0 atom stereocenters. The highest BCUT2D eigenvalue weighted by molar-refractivity contribution is 6.35. The molecule has 0 aromatic heterocycles. The van der Waals surface area contributed by atoms with Crippen molar-refractivity contribution in [3.8, 4) is 0 Å². The summed E-state index contributed by atoms with van der Waals surface area (Å²) in [7, 11) is 0. The second-order valence-corrected chi connectivity index (χ2v) is 6.43. The molecular formula is C11H24Mg. The molecule has 0 rings (SSSR count). The van der Waals surface area contributed by atoms with E-state index >= 15 is 0 Å². The van der Waals surface area contributed by atoms with E-state index in [1.54, 1.807) is 9.10 Å². The van der Waals surface area contributed by atoms with Crippen molar-refractivity contribution in [1.82, 2.24) is 0 Å². The summed E-state index contributed by atoms with van der Waals surface area (Å²) in [5.74, 6) is 0.915. The molecule has 0 heterocycles. The lowest BCUT2D eigenvalue weighted by Gasteiger charge is -2.03. The van der Waals surface area contributed by atoms with Gasteiger partial charge in [0.05, 0.1) is 0 Å². The van der Waals surface area contributed by atoms with E-state index in [1.807, 2.05) is 0 Å². The van der Waals surface area contributed by atoms with Crippen LogP contribution in [0.5, 0.6) is 0 Å². The monoisotopic (exact) mass is 180 g/mol. The van der Waals surface area contributed by atoms with Crippen molar-refractivity contribution < 1.29 is 0 Å². The standard InChI is InChI=1S/C8H17.C3H7.Mg/c1-4-5-6-7-8(2)3;1-3-2;/h8H,1,4-7H2,2-3H3;1,3H2,2H3;. The quantitative estimate of drug-likeness (QED) is 0.389. The lowest BCUT2D eigenvalue weighted by molar-refractivity contribution is 0.534. The summed E-state index contributed by atoms with van der Waals surface area (Å²) in [5, 5.41) is 0. The Hall–Kier alpha value is 0.766. The van der Waals surface area contributed by atoms with Crippen LogP contribution < -0.4 is 0 Å². The highest BCUT2D eigenvalue weighted by atomic mass is 24.5. The van der Waals surface area contributed by atoms with Gasteiger partial charge in [-0.25, -0.2) is 0 Å². The lowest BCUT2D eigenvalue weighted by atomic mass is 10.1. The van der Waals surface area contributed by atoms with Crippen molar-refractivity contribution in [2.24, 2.45) is 5.92 Å². The maximum atomic E-state index is 2.33. The van der Waals surface area contributed by atoms with Gasteiger partial charge in [0.25, 0.3) is 0 Å². The average molecular weight is 181 g/mol. The molecule has 0 amide bonds. The van der Waals surface area contributed by atoms with E-state index in [1.165, 1.54) is 32.1 Å². The maximum absolute atomic E-state index is 2.33. The summed E-state index contributed by atoms with van der Waals surface area (Å²) >= 11 is 0.364. The number of unbranched alkanes of at least 4 members (excludes halogenated alkanes) is 2. The van der Waals surface area contributed by atoms with Crippen LogP contribution in [0.25, 0.3) is 0 Å². The van der Waals surface area contributed by atoms with Crippen molar-refractivity contribution in [3.05, 3.63) is 0 Å². The lowest BCUT2D eigenvalue weighted by Crippen LogP contribution is -1.90. The minimum absolute atomic E-state index is 0.364. The third-order valence-corrected chi connectivity index (χ3v) is 4.59. The first-order valence-electron chi connectivity index (χ1n) is 5.77. The van der Waals surface area contributed by atoms with Gasteiger partial charge in [-0.3, -0.25) is 0 Å². The van der Waals surface area contributed by atoms with Gasteiger partial charge in [0, 0.05) is 0 Å². The van der Waals surface area contributed by atoms with Crippen LogP contribution in [0.15, 0.2) is 0 Å². The molecule has 12 heavy (non-hydrogen) atoms. The van der Waals surface area contributed by atoms with Gasteiger partial charge >= 0.3 is 20.4 Å². The second-order valence-electron chi connectivity index (χ2n) is 4.30. The zero-order valence-electron chi connectivity index (χ0n) is 9.23. The summed E-state index contributed by atoms with van der Waals surface area (Å²) in [6.07, 6.45) is 7.36. The van der Waals surface area contributed by atoms with Crippen LogP contribution in [0, 0.1) is 5.92 Å². The van der Waals surface area contributed by atoms with Crippen LogP contribution in [0.2, 0.25) is 9.10 Å². The summed E-state index contributed by atoms with van der Waals surface area (Å²) in [5.41, 5.74) is 0. The summed E-state index contributed by atoms with van der Waals surface area (Å²) < 4.78 is 3.18. The SMILES string of the molecule is CC[CH2][Mg][CH2]CCCCC(C)C. The molecule has 0 aromatic rings. The van der Waals surface area contributed by atoms with Crippen molar-refractivity contribution in [3.63, 3.8) is 0 Å². The van der Waals surface area contributed by atoms with Gasteiger partial charge in [-0.2, -0.15) is 0 Å². The highest BCUT2D eigenvalue weighted by Crippen LogP contribution is 2.09. The smallest absolute Gasteiger partial charge is 0.146 e. The maximum Gasteiger partial charge on any atom is 0.364 e. The van der Waals surface area contributed by atoms with Crippen molar-refractivity contribution in [2.45, 2.75) is 62.0 Å². The molecule has 70 valence electrons. The highest BCUT2D eigenvalue weighted by Gasteiger charge is 1.96. The summed E-state index contributed by atoms with van der Waals surface area (Å²) in [4.78, 5) is 0. The molecule has 0 fully saturated rings. The molecule has 0 N–H and O–H groups in total. The van der Waals surface area contributed by atoms with Gasteiger partial charge in [0.2, 0.25) is 0 Å². The molecule has 0 unspecified atom stereocenters. The molecule has 0 aromatic carbocycles. The van der Waals surface area contributed by atoms with Crippen molar-refractivity contribution in [2.75, 3.05) is 0 Å². The second kappa shape index (κ2) is 9.85. The first-order valence-corrected chi connectivity index (χ1v) is 7.77. The predicted octanol–water partition coefficient (Wildman–Crippen LogP) is 4.15. The fourth-order valence-corrected chi connectivity index (χ4v) is 3.07. The molecule has 0 radical (unpaired) electrons. The van der Waals surface area contributed by atoms with Crippen LogP contribution in [0.3, 0.4) is 0 Å². The van der Waals surface area contributed by atoms with Gasteiger partial charge in [-0.15, -0.1) is 9.10 Å². The fourth-order valence-electron chi connectivity index (χ4n) is 1.51. The van der Waals surface area contributed by atoms with Gasteiger partial charge in [-0.1, -0.05) is 52.9 Å². The fraction of sp³-hybridized carbons (Fsp3) is 1.00.